The summed E-state index contributed by atoms with van der Waals surface area (Å²) in [5.41, 5.74) is -0.302. The van der Waals surface area contributed by atoms with Crippen LogP contribution in [0.3, 0.4) is 0 Å². The lowest BCUT2D eigenvalue weighted by Crippen LogP contribution is -2.37. The number of rotatable bonds is 3. The Kier molecular flexibility index (Phi) is 4.31. The zero-order valence-electron chi connectivity index (χ0n) is 12.1. The second-order valence-corrected chi connectivity index (χ2v) is 6.51. The molecule has 1 aliphatic carbocycles. The van der Waals surface area contributed by atoms with E-state index in [1.54, 1.807) is 0 Å². The van der Waals surface area contributed by atoms with Crippen molar-refractivity contribution < 1.29 is 9.53 Å². The summed E-state index contributed by atoms with van der Waals surface area (Å²) in [7, 11) is 1.50. The summed E-state index contributed by atoms with van der Waals surface area (Å²) < 4.78 is 4.98. The smallest absolute Gasteiger partial charge is 0.313 e. The van der Waals surface area contributed by atoms with Gasteiger partial charge in [0.25, 0.3) is 0 Å². The third-order valence-electron chi connectivity index (χ3n) is 5.06. The molecule has 104 valence electrons. The van der Waals surface area contributed by atoms with Crippen molar-refractivity contribution in [1.82, 2.24) is 4.90 Å². The highest BCUT2D eigenvalue weighted by Crippen LogP contribution is 2.37. The molecule has 1 heterocycles. The van der Waals surface area contributed by atoms with Gasteiger partial charge in [0.15, 0.2) is 0 Å². The molecule has 1 saturated heterocycles. The summed E-state index contributed by atoms with van der Waals surface area (Å²) in [5, 5.41) is 0. The zero-order valence-corrected chi connectivity index (χ0v) is 12.1. The third kappa shape index (κ3) is 2.71. The number of nitrogens with zero attached hydrogens (tertiary/aromatic N) is 1. The van der Waals surface area contributed by atoms with E-state index in [1.165, 1.54) is 45.8 Å². The average Bonchev–Trinajstić information content (AvgIpc) is 2.66. The molecular formula is C15H27NO2. The van der Waals surface area contributed by atoms with Gasteiger partial charge in [-0.1, -0.05) is 26.2 Å². The van der Waals surface area contributed by atoms with Gasteiger partial charge in [0, 0.05) is 19.6 Å². The number of hydrogen-bond donors (Lipinski definition) is 0. The maximum absolute atomic E-state index is 11.9. The molecular weight excluding hydrogens is 226 g/mol. The summed E-state index contributed by atoms with van der Waals surface area (Å²) in [6, 6.07) is 0. The van der Waals surface area contributed by atoms with Crippen molar-refractivity contribution in [2.75, 3.05) is 26.7 Å². The first-order valence-electron chi connectivity index (χ1n) is 7.37. The number of esters is 1. The second kappa shape index (κ2) is 5.60. The van der Waals surface area contributed by atoms with Crippen molar-refractivity contribution in [2.24, 2.45) is 17.3 Å². The van der Waals surface area contributed by atoms with Crippen molar-refractivity contribution in [3.05, 3.63) is 0 Å². The van der Waals surface area contributed by atoms with Crippen molar-refractivity contribution in [3.63, 3.8) is 0 Å². The van der Waals surface area contributed by atoms with E-state index in [4.69, 9.17) is 4.74 Å². The highest BCUT2D eigenvalue weighted by atomic mass is 16.5. The van der Waals surface area contributed by atoms with Crippen LogP contribution in [0, 0.1) is 17.3 Å². The summed E-state index contributed by atoms with van der Waals surface area (Å²) >= 11 is 0. The van der Waals surface area contributed by atoms with E-state index >= 15 is 0 Å². The average molecular weight is 253 g/mol. The highest BCUT2D eigenvalue weighted by Gasteiger charge is 2.47. The number of hydrogen-bond acceptors (Lipinski definition) is 3. The van der Waals surface area contributed by atoms with Crippen LogP contribution >= 0.6 is 0 Å². The van der Waals surface area contributed by atoms with Crippen molar-refractivity contribution >= 4 is 5.97 Å². The van der Waals surface area contributed by atoms with Gasteiger partial charge in [-0.3, -0.25) is 4.79 Å². The zero-order chi connectivity index (χ0) is 13.2. The molecule has 0 spiro atoms. The fraction of sp³-hybridized carbons (Fsp3) is 0.933. The highest BCUT2D eigenvalue weighted by molar-refractivity contribution is 5.77. The lowest BCUT2D eigenvalue weighted by Gasteiger charge is -2.28. The van der Waals surface area contributed by atoms with Gasteiger partial charge < -0.3 is 9.64 Å². The SMILES string of the molecule is COC(=O)[C@@]1(C)CN(CC2CCCCC2)C[C@@H]1C. The van der Waals surface area contributed by atoms with Gasteiger partial charge in [-0.2, -0.15) is 0 Å². The van der Waals surface area contributed by atoms with Crippen LogP contribution in [-0.2, 0) is 9.53 Å². The largest absolute Gasteiger partial charge is 0.469 e. The Balaban J connectivity index is 1.91. The molecule has 2 aliphatic rings. The maximum Gasteiger partial charge on any atom is 0.313 e. The van der Waals surface area contributed by atoms with Crippen LogP contribution in [0.25, 0.3) is 0 Å². The number of carbonyl (C=O) groups is 1. The van der Waals surface area contributed by atoms with E-state index in [0.717, 1.165) is 19.0 Å². The number of carbonyl (C=O) groups excluding carboxylic acids is 1. The molecule has 2 fully saturated rings. The number of ether oxygens (including phenoxy) is 1. The molecule has 1 aliphatic heterocycles. The summed E-state index contributed by atoms with van der Waals surface area (Å²) in [6.45, 7) is 7.33. The quantitative estimate of drug-likeness (QED) is 0.724. The number of methoxy groups -OCH3 is 1. The molecule has 2 rings (SSSR count). The van der Waals surface area contributed by atoms with Gasteiger partial charge >= 0.3 is 5.97 Å². The Morgan fingerprint density at radius 1 is 1.33 bits per heavy atom. The van der Waals surface area contributed by atoms with Gasteiger partial charge in [-0.05, 0) is 31.6 Å². The fourth-order valence-corrected chi connectivity index (χ4v) is 3.65. The van der Waals surface area contributed by atoms with Crippen molar-refractivity contribution in [1.29, 1.82) is 0 Å². The van der Waals surface area contributed by atoms with Gasteiger partial charge in [-0.25, -0.2) is 0 Å². The first-order valence-corrected chi connectivity index (χ1v) is 7.37. The third-order valence-corrected chi connectivity index (χ3v) is 5.06. The molecule has 3 nitrogen and oxygen atoms in total. The summed E-state index contributed by atoms with van der Waals surface area (Å²) in [4.78, 5) is 14.4. The molecule has 0 amide bonds. The Morgan fingerprint density at radius 2 is 2.00 bits per heavy atom. The van der Waals surface area contributed by atoms with Gasteiger partial charge in [0.05, 0.1) is 12.5 Å². The van der Waals surface area contributed by atoms with E-state index in [9.17, 15) is 4.79 Å². The van der Waals surface area contributed by atoms with E-state index in [-0.39, 0.29) is 11.4 Å². The molecule has 0 bridgehead atoms. The van der Waals surface area contributed by atoms with Gasteiger partial charge in [-0.15, -0.1) is 0 Å². The van der Waals surface area contributed by atoms with Crippen LogP contribution in [0.4, 0.5) is 0 Å². The minimum absolute atomic E-state index is 0.0406. The Labute approximate surface area is 111 Å². The molecule has 0 aromatic rings. The predicted octanol–water partition coefficient (Wildman–Crippen LogP) is 2.70. The summed E-state index contributed by atoms with van der Waals surface area (Å²) in [5.74, 6) is 1.21. The molecule has 0 aromatic heterocycles. The minimum atomic E-state index is -0.302. The van der Waals surface area contributed by atoms with Crippen molar-refractivity contribution in [3.8, 4) is 0 Å². The minimum Gasteiger partial charge on any atom is -0.469 e. The van der Waals surface area contributed by atoms with Crippen LogP contribution in [0.2, 0.25) is 0 Å². The topological polar surface area (TPSA) is 29.5 Å². The Morgan fingerprint density at radius 3 is 2.61 bits per heavy atom. The Bertz CT molecular complexity index is 299. The molecule has 0 N–H and O–H groups in total. The Hall–Kier alpha value is -0.570. The first-order chi connectivity index (χ1) is 8.56. The molecule has 18 heavy (non-hydrogen) atoms. The van der Waals surface area contributed by atoms with Crippen LogP contribution in [0.15, 0.2) is 0 Å². The van der Waals surface area contributed by atoms with E-state index in [0.29, 0.717) is 5.92 Å². The molecule has 0 radical (unpaired) electrons. The van der Waals surface area contributed by atoms with Crippen molar-refractivity contribution in [2.45, 2.75) is 46.0 Å². The molecule has 0 unspecified atom stereocenters. The fourth-order valence-electron chi connectivity index (χ4n) is 3.65. The lowest BCUT2D eigenvalue weighted by molar-refractivity contribution is -0.152. The number of likely N-dealkylation sites (tertiary alicyclic amines) is 1. The predicted molar refractivity (Wildman–Crippen MR) is 72.3 cm³/mol. The molecule has 2 atom stereocenters. The molecule has 0 aromatic carbocycles. The van der Waals surface area contributed by atoms with Gasteiger partial charge in [0.1, 0.15) is 0 Å². The first kappa shape index (κ1) is 13.9. The normalized spacial score (nSPS) is 34.7. The van der Waals surface area contributed by atoms with Gasteiger partial charge in [0.2, 0.25) is 0 Å². The maximum atomic E-state index is 11.9. The second-order valence-electron chi connectivity index (χ2n) is 6.51. The van der Waals surface area contributed by atoms with Crippen LogP contribution in [-0.4, -0.2) is 37.6 Å². The molecule has 3 heteroatoms. The standard InChI is InChI=1S/C15H27NO2/c1-12-9-16(10-13-7-5-4-6-8-13)11-15(12,2)14(17)18-3/h12-13H,4-11H2,1-3H3/t12-,15-/m0/s1. The summed E-state index contributed by atoms with van der Waals surface area (Å²) in [6.07, 6.45) is 6.94. The van der Waals surface area contributed by atoms with Crippen LogP contribution < -0.4 is 0 Å². The van der Waals surface area contributed by atoms with E-state index in [2.05, 4.69) is 18.7 Å². The monoisotopic (exact) mass is 253 g/mol. The van der Waals surface area contributed by atoms with Crippen LogP contribution in [0.1, 0.15) is 46.0 Å². The van der Waals surface area contributed by atoms with E-state index in [1.807, 2.05) is 0 Å². The molecule has 1 saturated carbocycles. The van der Waals surface area contributed by atoms with Crippen LogP contribution in [0.5, 0.6) is 0 Å². The lowest BCUT2D eigenvalue weighted by atomic mass is 9.81. The van der Waals surface area contributed by atoms with E-state index < -0.39 is 0 Å².